The summed E-state index contributed by atoms with van der Waals surface area (Å²) in [6, 6.07) is 13.6. The van der Waals surface area contributed by atoms with E-state index >= 15 is 0 Å². The van der Waals surface area contributed by atoms with Crippen molar-refractivity contribution in [2.45, 2.75) is 0 Å². The fraction of sp³-hybridized carbons (Fsp3) is 0.143. The molecule has 3 N–H and O–H groups in total. The number of thiophene rings is 1. The lowest BCUT2D eigenvalue weighted by atomic mass is 10.2. The number of methoxy groups -OCH3 is 3. The van der Waals surface area contributed by atoms with Gasteiger partial charge >= 0.3 is 0 Å². The van der Waals surface area contributed by atoms with E-state index in [-0.39, 0.29) is 0 Å². The Labute approximate surface area is 182 Å². The fourth-order valence-corrected chi connectivity index (χ4v) is 4.54. The van der Waals surface area contributed by atoms with Gasteiger partial charge in [-0.15, -0.1) is 11.3 Å². The van der Waals surface area contributed by atoms with Crippen LogP contribution in [0.3, 0.4) is 0 Å². The van der Waals surface area contributed by atoms with Crippen molar-refractivity contribution in [1.29, 1.82) is 0 Å². The second-order valence-electron chi connectivity index (χ2n) is 6.16. The van der Waals surface area contributed by atoms with Crippen molar-refractivity contribution < 1.29 is 14.2 Å². The maximum absolute atomic E-state index is 6.21. The summed E-state index contributed by atoms with van der Waals surface area (Å²) in [5.74, 6) is 2.05. The van der Waals surface area contributed by atoms with E-state index in [0.29, 0.717) is 28.2 Å². The van der Waals surface area contributed by atoms with E-state index in [1.807, 2.05) is 47.8 Å². The molecule has 0 saturated heterocycles. The van der Waals surface area contributed by atoms with Crippen LogP contribution in [0.1, 0.15) is 0 Å². The highest BCUT2D eigenvalue weighted by atomic mass is 32.1. The highest BCUT2D eigenvalue weighted by Gasteiger charge is 2.16. The number of hydrogen-bond acceptors (Lipinski definition) is 9. The minimum Gasteiger partial charge on any atom is -0.493 e. The van der Waals surface area contributed by atoms with Crippen LogP contribution in [-0.2, 0) is 0 Å². The number of hydrogen-bond donors (Lipinski definition) is 2. The summed E-state index contributed by atoms with van der Waals surface area (Å²) in [4.78, 5) is 11.1. The molecule has 0 aliphatic carbocycles. The first-order valence-corrected chi connectivity index (χ1v) is 10.7. The molecular formula is C21H20N4O3S2. The molecule has 4 aromatic rings. The smallest absolute Gasteiger partial charge is 0.203 e. The molecule has 0 aliphatic heterocycles. The Bertz CT molecular complexity index is 1130. The summed E-state index contributed by atoms with van der Waals surface area (Å²) in [6.45, 7) is 0. The van der Waals surface area contributed by atoms with Crippen molar-refractivity contribution in [3.05, 3.63) is 47.8 Å². The molecule has 0 radical (unpaired) electrons. The third-order valence-corrected chi connectivity index (χ3v) is 6.23. The predicted octanol–water partition coefficient (Wildman–Crippen LogP) is 5.29. The quantitative estimate of drug-likeness (QED) is 0.404. The average Bonchev–Trinajstić information content (AvgIpc) is 3.43. The number of nitrogens with one attached hydrogen (secondary N) is 1. The van der Waals surface area contributed by atoms with Gasteiger partial charge in [-0.1, -0.05) is 23.5 Å². The zero-order valence-corrected chi connectivity index (χ0v) is 18.3. The molecule has 0 unspecified atom stereocenters. The number of rotatable bonds is 7. The van der Waals surface area contributed by atoms with Crippen LogP contribution >= 0.6 is 22.7 Å². The molecule has 0 aliphatic rings. The number of thiazole rings is 1. The molecule has 3 heterocycles. The lowest BCUT2D eigenvalue weighted by Gasteiger charge is -2.14. The molecule has 1 aromatic carbocycles. The maximum atomic E-state index is 6.21. The summed E-state index contributed by atoms with van der Waals surface area (Å²) in [5.41, 5.74) is 8.64. The van der Waals surface area contributed by atoms with Crippen molar-refractivity contribution >= 4 is 39.3 Å². The highest BCUT2D eigenvalue weighted by molar-refractivity contribution is 7.19. The Kier molecular flexibility index (Phi) is 5.73. The fourth-order valence-electron chi connectivity index (χ4n) is 2.97. The molecule has 0 fully saturated rings. The highest BCUT2D eigenvalue weighted by Crippen LogP contribution is 2.42. The van der Waals surface area contributed by atoms with Crippen molar-refractivity contribution in [2.24, 2.45) is 0 Å². The summed E-state index contributed by atoms with van der Waals surface area (Å²) >= 11 is 3.08. The number of benzene rings is 1. The van der Waals surface area contributed by atoms with Crippen LogP contribution < -0.4 is 25.3 Å². The molecule has 154 valence electrons. The number of nitrogens with two attached hydrogens (primary N) is 1. The molecular weight excluding hydrogens is 420 g/mol. The van der Waals surface area contributed by atoms with Gasteiger partial charge in [-0.3, -0.25) is 0 Å². The number of ether oxygens (including phenoxy) is 3. The van der Waals surface area contributed by atoms with Crippen LogP contribution in [0.2, 0.25) is 0 Å². The molecule has 3 aromatic heterocycles. The normalized spacial score (nSPS) is 10.6. The topological polar surface area (TPSA) is 91.5 Å². The summed E-state index contributed by atoms with van der Waals surface area (Å²) in [7, 11) is 4.72. The number of anilines is 3. The second-order valence-corrected chi connectivity index (χ2v) is 8.10. The van der Waals surface area contributed by atoms with E-state index < -0.39 is 0 Å². The van der Waals surface area contributed by atoms with Crippen molar-refractivity contribution in [3.8, 4) is 38.4 Å². The van der Waals surface area contributed by atoms with Crippen LogP contribution in [0.15, 0.2) is 47.8 Å². The van der Waals surface area contributed by atoms with Crippen LogP contribution in [0.5, 0.6) is 17.2 Å². The zero-order chi connectivity index (χ0) is 21.1. The van der Waals surface area contributed by atoms with Crippen LogP contribution in [0.25, 0.3) is 21.1 Å². The van der Waals surface area contributed by atoms with Gasteiger partial charge in [-0.25, -0.2) is 9.97 Å². The summed E-state index contributed by atoms with van der Waals surface area (Å²) < 4.78 is 16.2. The lowest BCUT2D eigenvalue weighted by Crippen LogP contribution is -1.97. The molecule has 0 atom stereocenters. The van der Waals surface area contributed by atoms with E-state index in [0.717, 1.165) is 26.8 Å². The van der Waals surface area contributed by atoms with Gasteiger partial charge < -0.3 is 25.3 Å². The minimum absolute atomic E-state index is 0.422. The molecule has 9 heteroatoms. The Morgan fingerprint density at radius 2 is 1.63 bits per heavy atom. The van der Waals surface area contributed by atoms with Crippen LogP contribution in [0, 0.1) is 0 Å². The third-order valence-electron chi connectivity index (χ3n) is 4.32. The van der Waals surface area contributed by atoms with Crippen LogP contribution in [-0.4, -0.2) is 31.3 Å². The minimum atomic E-state index is 0.422. The second kappa shape index (κ2) is 8.60. The maximum Gasteiger partial charge on any atom is 0.203 e. The number of pyridine rings is 1. The molecule has 0 amide bonds. The first-order chi connectivity index (χ1) is 14.6. The Hall–Kier alpha value is -3.30. The van der Waals surface area contributed by atoms with E-state index in [9.17, 15) is 0 Å². The lowest BCUT2D eigenvalue weighted by molar-refractivity contribution is 0.324. The monoisotopic (exact) mass is 440 g/mol. The Balaban J connectivity index is 1.65. The van der Waals surface area contributed by atoms with Crippen LogP contribution in [0.4, 0.5) is 16.6 Å². The molecule has 0 saturated carbocycles. The number of aromatic nitrogens is 2. The number of nitrogen functional groups attached to an aromatic ring is 1. The molecule has 30 heavy (non-hydrogen) atoms. The molecule has 4 rings (SSSR count). The van der Waals surface area contributed by atoms with Crippen molar-refractivity contribution in [3.63, 3.8) is 0 Å². The molecule has 7 nitrogen and oxygen atoms in total. The average molecular weight is 441 g/mol. The molecule has 0 spiro atoms. The van der Waals surface area contributed by atoms with E-state index in [2.05, 4.69) is 10.3 Å². The molecule has 0 bridgehead atoms. The van der Waals surface area contributed by atoms with E-state index in [1.54, 1.807) is 32.7 Å². The van der Waals surface area contributed by atoms with Gasteiger partial charge in [-0.05, 0) is 23.6 Å². The Morgan fingerprint density at radius 1 is 0.900 bits per heavy atom. The van der Waals surface area contributed by atoms with E-state index in [1.165, 1.54) is 11.3 Å². The van der Waals surface area contributed by atoms with E-state index in [4.69, 9.17) is 24.9 Å². The standard InChI is InChI=1S/C21H20N4O3S2/c1-26-15-10-12(11-16(27-2)18(15)28-3)23-21-25-20(22)19(30-21)14-7-4-6-13(24-14)17-8-5-9-29-17/h4-11H,22H2,1-3H3,(H,23,25). The van der Waals surface area contributed by atoms with Crippen molar-refractivity contribution in [1.82, 2.24) is 9.97 Å². The first-order valence-electron chi connectivity index (χ1n) is 8.97. The largest absolute Gasteiger partial charge is 0.493 e. The SMILES string of the molecule is COc1cc(Nc2nc(N)c(-c3cccc(-c4cccs4)n3)s2)cc(OC)c1OC. The van der Waals surface area contributed by atoms with Gasteiger partial charge in [0.2, 0.25) is 5.75 Å². The summed E-state index contributed by atoms with van der Waals surface area (Å²) in [5, 5.41) is 5.93. The first kappa shape index (κ1) is 20.0. The third kappa shape index (κ3) is 3.89. The zero-order valence-electron chi connectivity index (χ0n) is 16.6. The van der Waals surface area contributed by atoms with Gasteiger partial charge in [0.25, 0.3) is 0 Å². The van der Waals surface area contributed by atoms with Crippen molar-refractivity contribution in [2.75, 3.05) is 32.4 Å². The van der Waals surface area contributed by atoms with Gasteiger partial charge in [0.1, 0.15) is 5.82 Å². The van der Waals surface area contributed by atoms with Gasteiger partial charge in [0.05, 0.1) is 42.5 Å². The van der Waals surface area contributed by atoms with Gasteiger partial charge in [0, 0.05) is 17.8 Å². The predicted molar refractivity (Wildman–Crippen MR) is 122 cm³/mol. The van der Waals surface area contributed by atoms with Gasteiger partial charge in [0.15, 0.2) is 16.6 Å². The summed E-state index contributed by atoms with van der Waals surface area (Å²) in [6.07, 6.45) is 0. The number of nitrogens with zero attached hydrogens (tertiary/aromatic N) is 2. The van der Waals surface area contributed by atoms with Gasteiger partial charge in [-0.2, -0.15) is 0 Å². The Morgan fingerprint density at radius 3 is 2.27 bits per heavy atom.